The molecule has 0 amide bonds. The van der Waals surface area contributed by atoms with Crippen molar-refractivity contribution in [3.8, 4) is 22.8 Å². The quantitative estimate of drug-likeness (QED) is 0.897. The highest BCUT2D eigenvalue weighted by atomic mass is 35.5. The van der Waals surface area contributed by atoms with Crippen molar-refractivity contribution in [2.24, 2.45) is 0 Å². The Hall–Kier alpha value is -1.88. The molecule has 1 aromatic heterocycles. The van der Waals surface area contributed by atoms with Gasteiger partial charge in [-0.2, -0.15) is 5.10 Å². The first kappa shape index (κ1) is 14.2. The molecule has 0 aliphatic carbocycles. The summed E-state index contributed by atoms with van der Waals surface area (Å²) in [6.45, 7) is 1.88. The van der Waals surface area contributed by atoms with E-state index in [0.29, 0.717) is 17.2 Å². The Morgan fingerprint density at radius 2 is 1.83 bits per heavy atom. The maximum atomic E-state index is 5.93. The van der Waals surface area contributed by atoms with E-state index >= 15 is 0 Å². The molecule has 5 nitrogen and oxygen atoms in total. The van der Waals surface area contributed by atoms with Gasteiger partial charge in [0.05, 0.1) is 25.6 Å². The summed E-state index contributed by atoms with van der Waals surface area (Å²) in [6, 6.07) is 5.58. The molecular weight excluding hydrogens is 254 g/mol. The molecule has 0 aliphatic heterocycles. The lowest BCUT2D eigenvalue weighted by Gasteiger charge is -2.08. The van der Waals surface area contributed by atoms with Gasteiger partial charge in [0, 0.05) is 5.56 Å². The van der Waals surface area contributed by atoms with Gasteiger partial charge >= 0.3 is 0 Å². The number of hydrogen-bond donors (Lipinski definition) is 2. The maximum absolute atomic E-state index is 5.93. The minimum Gasteiger partial charge on any atom is -0.493 e. The summed E-state index contributed by atoms with van der Waals surface area (Å²) >= 11 is 0. The molecule has 0 unspecified atom stereocenters. The van der Waals surface area contributed by atoms with Crippen molar-refractivity contribution in [3.63, 3.8) is 0 Å². The molecule has 3 N–H and O–H groups in total. The van der Waals surface area contributed by atoms with Crippen LogP contribution in [0.3, 0.4) is 0 Å². The summed E-state index contributed by atoms with van der Waals surface area (Å²) in [7, 11) is 3.20. The predicted molar refractivity (Wildman–Crippen MR) is 73.5 cm³/mol. The van der Waals surface area contributed by atoms with Crippen LogP contribution in [0.15, 0.2) is 18.2 Å². The van der Waals surface area contributed by atoms with Crippen molar-refractivity contribution in [1.82, 2.24) is 10.2 Å². The van der Waals surface area contributed by atoms with Gasteiger partial charge in [-0.15, -0.1) is 12.4 Å². The summed E-state index contributed by atoms with van der Waals surface area (Å²) < 4.78 is 10.4. The lowest BCUT2D eigenvalue weighted by molar-refractivity contribution is 0.355. The molecule has 1 aromatic carbocycles. The van der Waals surface area contributed by atoms with E-state index in [1.165, 1.54) is 0 Å². The number of rotatable bonds is 3. The molecule has 0 saturated carbocycles. The van der Waals surface area contributed by atoms with Crippen molar-refractivity contribution >= 4 is 18.1 Å². The van der Waals surface area contributed by atoms with Gasteiger partial charge in [0.1, 0.15) is 5.69 Å². The predicted octanol–water partition coefficient (Wildman–Crippen LogP) is 2.41. The smallest absolute Gasteiger partial charge is 0.161 e. The van der Waals surface area contributed by atoms with Crippen LogP contribution in [-0.2, 0) is 0 Å². The van der Waals surface area contributed by atoms with Crippen molar-refractivity contribution in [2.75, 3.05) is 20.0 Å². The first-order valence-corrected chi connectivity index (χ1v) is 5.20. The van der Waals surface area contributed by atoms with Gasteiger partial charge in [-0.1, -0.05) is 0 Å². The number of nitrogen functional groups attached to an aromatic ring is 1. The second-order valence-electron chi connectivity index (χ2n) is 3.68. The van der Waals surface area contributed by atoms with Crippen LogP contribution in [0.2, 0.25) is 0 Å². The largest absolute Gasteiger partial charge is 0.493 e. The fourth-order valence-electron chi connectivity index (χ4n) is 1.64. The Balaban J connectivity index is 0.00000162. The van der Waals surface area contributed by atoms with Crippen LogP contribution in [-0.4, -0.2) is 24.4 Å². The van der Waals surface area contributed by atoms with Crippen LogP contribution in [0.1, 0.15) is 5.69 Å². The summed E-state index contributed by atoms with van der Waals surface area (Å²) in [4.78, 5) is 0. The van der Waals surface area contributed by atoms with Gasteiger partial charge in [0.15, 0.2) is 11.5 Å². The van der Waals surface area contributed by atoms with Gasteiger partial charge in [-0.3, -0.25) is 5.10 Å². The highest BCUT2D eigenvalue weighted by molar-refractivity contribution is 5.85. The molecule has 0 saturated heterocycles. The molecule has 0 fully saturated rings. The van der Waals surface area contributed by atoms with Crippen LogP contribution in [0.4, 0.5) is 5.69 Å². The molecule has 0 radical (unpaired) electrons. The molecule has 0 aliphatic rings. The maximum Gasteiger partial charge on any atom is 0.161 e. The molecule has 98 valence electrons. The molecule has 6 heteroatoms. The number of nitrogens with one attached hydrogen (secondary N) is 1. The van der Waals surface area contributed by atoms with Crippen LogP contribution in [0.25, 0.3) is 11.3 Å². The number of methoxy groups -OCH3 is 2. The summed E-state index contributed by atoms with van der Waals surface area (Å²) in [5, 5.41) is 7.02. The number of nitrogens with two attached hydrogens (primary N) is 1. The average molecular weight is 270 g/mol. The number of ether oxygens (including phenoxy) is 2. The third-order valence-electron chi connectivity index (χ3n) is 2.65. The molecule has 0 atom stereocenters. The highest BCUT2D eigenvalue weighted by Gasteiger charge is 2.12. The van der Waals surface area contributed by atoms with E-state index in [-0.39, 0.29) is 12.4 Å². The Labute approximate surface area is 112 Å². The second-order valence-corrected chi connectivity index (χ2v) is 3.68. The zero-order chi connectivity index (χ0) is 12.4. The van der Waals surface area contributed by atoms with Gasteiger partial charge in [-0.05, 0) is 25.1 Å². The van der Waals surface area contributed by atoms with Crippen molar-refractivity contribution in [3.05, 3.63) is 23.9 Å². The van der Waals surface area contributed by atoms with E-state index in [1.54, 1.807) is 14.2 Å². The molecule has 1 heterocycles. The molecule has 0 spiro atoms. The minimum atomic E-state index is 0. The standard InChI is InChI=1S/C12H15N3O2.ClH/c1-7-11(13)12(15-14-7)8-4-5-9(16-2)10(6-8)17-3;/h4-6H,13H2,1-3H3,(H,14,15);1H. The number of aromatic amines is 1. The first-order valence-electron chi connectivity index (χ1n) is 5.20. The Bertz CT molecular complexity index is 540. The van der Waals surface area contributed by atoms with Gasteiger partial charge in [0.25, 0.3) is 0 Å². The van der Waals surface area contributed by atoms with E-state index in [1.807, 2.05) is 25.1 Å². The van der Waals surface area contributed by atoms with E-state index in [2.05, 4.69) is 10.2 Å². The van der Waals surface area contributed by atoms with E-state index < -0.39 is 0 Å². The third-order valence-corrected chi connectivity index (χ3v) is 2.65. The molecule has 2 aromatic rings. The number of H-pyrrole nitrogens is 1. The first-order chi connectivity index (χ1) is 8.17. The van der Waals surface area contributed by atoms with Crippen molar-refractivity contribution in [1.29, 1.82) is 0 Å². The number of anilines is 1. The number of halogens is 1. The Morgan fingerprint density at radius 1 is 1.17 bits per heavy atom. The van der Waals surface area contributed by atoms with Crippen molar-refractivity contribution in [2.45, 2.75) is 6.92 Å². The number of hydrogen-bond acceptors (Lipinski definition) is 4. The van der Waals surface area contributed by atoms with Crippen LogP contribution in [0.5, 0.6) is 11.5 Å². The zero-order valence-electron chi connectivity index (χ0n) is 10.5. The number of nitrogens with zero attached hydrogens (tertiary/aromatic N) is 1. The average Bonchev–Trinajstić information content (AvgIpc) is 2.69. The summed E-state index contributed by atoms with van der Waals surface area (Å²) in [6.07, 6.45) is 0. The Morgan fingerprint density at radius 3 is 2.33 bits per heavy atom. The van der Waals surface area contributed by atoms with Crippen molar-refractivity contribution < 1.29 is 9.47 Å². The van der Waals surface area contributed by atoms with Gasteiger partial charge < -0.3 is 15.2 Å². The second kappa shape index (κ2) is 5.64. The SMILES string of the molecule is COc1ccc(-c2n[nH]c(C)c2N)cc1OC.Cl. The normalized spacial score (nSPS) is 9.72. The minimum absolute atomic E-state index is 0. The third kappa shape index (κ3) is 2.36. The number of aromatic nitrogens is 2. The van der Waals surface area contributed by atoms with Crippen LogP contribution < -0.4 is 15.2 Å². The fraction of sp³-hybridized carbons (Fsp3) is 0.250. The molecule has 2 rings (SSSR count). The molecule has 0 bridgehead atoms. The van der Waals surface area contributed by atoms with Crippen LogP contribution in [0, 0.1) is 6.92 Å². The number of benzene rings is 1. The van der Waals surface area contributed by atoms with E-state index in [0.717, 1.165) is 17.0 Å². The van der Waals surface area contributed by atoms with E-state index in [9.17, 15) is 0 Å². The van der Waals surface area contributed by atoms with Gasteiger partial charge in [0.2, 0.25) is 0 Å². The van der Waals surface area contributed by atoms with Crippen LogP contribution >= 0.6 is 12.4 Å². The number of aryl methyl sites for hydroxylation is 1. The lowest BCUT2D eigenvalue weighted by atomic mass is 10.1. The Kier molecular flexibility index (Phi) is 4.44. The topological polar surface area (TPSA) is 73.2 Å². The van der Waals surface area contributed by atoms with Gasteiger partial charge in [-0.25, -0.2) is 0 Å². The molecular formula is C12H16ClN3O2. The monoisotopic (exact) mass is 269 g/mol. The summed E-state index contributed by atoms with van der Waals surface area (Å²) in [5.74, 6) is 1.34. The summed E-state index contributed by atoms with van der Waals surface area (Å²) in [5.41, 5.74) is 9.06. The highest BCUT2D eigenvalue weighted by Crippen LogP contribution is 2.34. The van der Waals surface area contributed by atoms with E-state index in [4.69, 9.17) is 15.2 Å². The zero-order valence-corrected chi connectivity index (χ0v) is 11.3. The molecule has 18 heavy (non-hydrogen) atoms. The lowest BCUT2D eigenvalue weighted by Crippen LogP contribution is -1.92. The fourth-order valence-corrected chi connectivity index (χ4v) is 1.64.